The number of hydrogen-bond acceptors (Lipinski definition) is 5. The van der Waals surface area contributed by atoms with Crippen molar-refractivity contribution in [2.45, 2.75) is 13.1 Å². The van der Waals surface area contributed by atoms with Gasteiger partial charge in [-0.15, -0.1) is 0 Å². The highest BCUT2D eigenvalue weighted by molar-refractivity contribution is 5.80. The van der Waals surface area contributed by atoms with E-state index in [4.69, 9.17) is 9.15 Å². The van der Waals surface area contributed by atoms with E-state index in [9.17, 15) is 0 Å². The molecule has 1 aliphatic heterocycles. The highest BCUT2D eigenvalue weighted by Crippen LogP contribution is 2.43. The maximum Gasteiger partial charge on any atom is 0.379 e. The van der Waals surface area contributed by atoms with Gasteiger partial charge in [0.25, 0.3) is 5.52 Å². The van der Waals surface area contributed by atoms with Gasteiger partial charge in [-0.3, -0.25) is 0 Å². The summed E-state index contributed by atoms with van der Waals surface area (Å²) in [6.07, 6.45) is 2.05. The summed E-state index contributed by atoms with van der Waals surface area (Å²) < 4.78 is 15.6. The second-order valence-electron chi connectivity index (χ2n) is 13.4. The summed E-state index contributed by atoms with van der Waals surface area (Å²) in [7, 11) is 8.25. The molecule has 0 radical (unpaired) electrons. The molecule has 0 N–H and O–H groups in total. The lowest BCUT2D eigenvalue weighted by Gasteiger charge is -2.19. The number of fused-ring (bicyclic) bond motifs is 2. The van der Waals surface area contributed by atoms with Gasteiger partial charge in [-0.25, -0.2) is 0 Å². The summed E-state index contributed by atoms with van der Waals surface area (Å²) in [6, 6.07) is 51.2. The van der Waals surface area contributed by atoms with E-state index in [1.165, 1.54) is 11.1 Å². The van der Waals surface area contributed by atoms with E-state index in [1.54, 1.807) is 0 Å². The number of ether oxygens (including phenoxy) is 1. The van der Waals surface area contributed by atoms with Crippen LogP contribution in [0.1, 0.15) is 17.0 Å². The number of nitrogens with zero attached hydrogens (tertiary/aromatic N) is 4. The van der Waals surface area contributed by atoms with E-state index in [2.05, 4.69) is 181 Å². The van der Waals surface area contributed by atoms with Crippen molar-refractivity contribution in [1.82, 2.24) is 0 Å². The maximum absolute atomic E-state index is 6.68. The van der Waals surface area contributed by atoms with Crippen LogP contribution in [0.5, 0.6) is 5.75 Å². The van der Waals surface area contributed by atoms with Crippen molar-refractivity contribution in [2.24, 2.45) is 0 Å². The first-order valence-corrected chi connectivity index (χ1v) is 17.3. The Bertz CT molecular complexity index is 2330. The van der Waals surface area contributed by atoms with Crippen molar-refractivity contribution < 1.29 is 13.7 Å². The molecule has 6 aromatic carbocycles. The Morgan fingerprint density at radius 3 is 1.76 bits per heavy atom. The second kappa shape index (κ2) is 13.6. The summed E-state index contributed by atoms with van der Waals surface area (Å²) in [4.78, 5) is 6.49. The lowest BCUT2D eigenvalue weighted by Crippen LogP contribution is -2.36. The van der Waals surface area contributed by atoms with Gasteiger partial charge >= 0.3 is 5.89 Å². The van der Waals surface area contributed by atoms with Crippen LogP contribution in [0.15, 0.2) is 156 Å². The van der Waals surface area contributed by atoms with E-state index >= 15 is 0 Å². The van der Waals surface area contributed by atoms with E-state index < -0.39 is 0 Å². The molecule has 0 bridgehead atoms. The number of aromatic nitrogens is 1. The van der Waals surface area contributed by atoms with Crippen molar-refractivity contribution in [3.8, 4) is 28.0 Å². The molecule has 0 saturated carbocycles. The lowest BCUT2D eigenvalue weighted by atomic mass is 10.0. The first-order valence-electron chi connectivity index (χ1n) is 17.3. The van der Waals surface area contributed by atoms with Crippen molar-refractivity contribution in [1.29, 1.82) is 0 Å². The topological polar surface area (TPSA) is 36.0 Å². The fourth-order valence-electron chi connectivity index (χ4n) is 6.63. The summed E-state index contributed by atoms with van der Waals surface area (Å²) in [5, 5.41) is 0. The van der Waals surface area contributed by atoms with Crippen molar-refractivity contribution in [2.75, 3.05) is 42.9 Å². The van der Waals surface area contributed by atoms with Gasteiger partial charge in [-0.05, 0) is 70.3 Å². The molecule has 0 unspecified atom stereocenters. The van der Waals surface area contributed by atoms with Crippen LogP contribution in [0.3, 0.4) is 0 Å². The van der Waals surface area contributed by atoms with Crippen LogP contribution in [0.4, 0.5) is 17.1 Å². The molecule has 6 heteroatoms. The number of anilines is 3. The van der Waals surface area contributed by atoms with Gasteiger partial charge in [0.1, 0.15) is 6.08 Å². The molecular weight excluding hydrogens is 629 g/mol. The fraction of sp³-hybridized carbons (Fsp3) is 0.133. The summed E-state index contributed by atoms with van der Waals surface area (Å²) in [5.74, 6) is 2.25. The van der Waals surface area contributed by atoms with Crippen molar-refractivity contribution in [3.63, 3.8) is 0 Å². The normalized spacial score (nSPS) is 13.0. The van der Waals surface area contributed by atoms with E-state index in [1.807, 2.05) is 18.2 Å². The monoisotopic (exact) mass is 669 g/mol. The van der Waals surface area contributed by atoms with Gasteiger partial charge in [0.05, 0.1) is 12.2 Å². The molecule has 2 heterocycles. The molecule has 8 rings (SSSR count). The van der Waals surface area contributed by atoms with Gasteiger partial charge < -0.3 is 23.9 Å². The number of hydrogen-bond donors (Lipinski definition) is 0. The molecule has 0 saturated heterocycles. The predicted molar refractivity (Wildman–Crippen MR) is 209 cm³/mol. The van der Waals surface area contributed by atoms with Crippen LogP contribution < -0.4 is 24.0 Å². The van der Waals surface area contributed by atoms with Crippen LogP contribution in [0.2, 0.25) is 0 Å². The van der Waals surface area contributed by atoms with Crippen LogP contribution in [0.25, 0.3) is 39.4 Å². The summed E-state index contributed by atoms with van der Waals surface area (Å²) in [5.41, 5.74) is 12.2. The Kier molecular flexibility index (Phi) is 8.50. The molecular formula is C45H41N4O2+. The first kappa shape index (κ1) is 32.0. The Morgan fingerprint density at radius 1 is 0.588 bits per heavy atom. The average Bonchev–Trinajstić information content (AvgIpc) is 3.68. The minimum absolute atomic E-state index is 0.634. The summed E-state index contributed by atoms with van der Waals surface area (Å²) in [6.45, 7) is 1.27. The Labute approximate surface area is 299 Å². The highest BCUT2D eigenvalue weighted by Gasteiger charge is 2.31. The second-order valence-corrected chi connectivity index (χ2v) is 13.4. The van der Waals surface area contributed by atoms with E-state index in [0.29, 0.717) is 24.9 Å². The molecule has 0 aliphatic carbocycles. The molecule has 51 heavy (non-hydrogen) atoms. The fourth-order valence-corrected chi connectivity index (χ4v) is 6.63. The standard InChI is InChI=1S/C45H41N4O2/c1-46(2)38-21-15-32(16-22-38)30-48-40-27-36(34-11-7-5-8-12-34)19-25-42(40)50-44(48)29-45-49(31-33-17-23-39(24-18-33)47(3)4)41-28-37(20-26-43(41)51-45)35-13-9-6-10-14-35/h5-29H,30-31H2,1-4H3/q+1. The van der Waals surface area contributed by atoms with E-state index in [-0.39, 0.29) is 0 Å². The number of rotatable bonds is 9. The molecule has 0 amide bonds. The Hall–Kier alpha value is -6.27. The van der Waals surface area contributed by atoms with Crippen LogP contribution >= 0.6 is 0 Å². The Morgan fingerprint density at radius 2 is 1.16 bits per heavy atom. The molecule has 0 atom stereocenters. The Balaban J connectivity index is 1.24. The smallest absolute Gasteiger partial charge is 0.379 e. The third kappa shape index (κ3) is 6.56. The van der Waals surface area contributed by atoms with Crippen molar-refractivity contribution >= 4 is 34.2 Å². The lowest BCUT2D eigenvalue weighted by molar-refractivity contribution is -0.669. The van der Waals surface area contributed by atoms with Gasteiger partial charge in [-0.1, -0.05) is 97.1 Å². The van der Waals surface area contributed by atoms with Gasteiger partial charge in [0.2, 0.25) is 11.5 Å². The SMILES string of the molecule is CN(C)c1ccc(CN2C(=Cc3oc4ccc(-c5ccccc5)cc4[n+]3Cc3ccc(N(C)C)cc3)Oc3ccc(-c4ccccc4)cc32)cc1. The predicted octanol–water partition coefficient (Wildman–Crippen LogP) is 9.63. The molecule has 0 fully saturated rings. The molecule has 1 aromatic heterocycles. The van der Waals surface area contributed by atoms with Crippen LogP contribution in [-0.2, 0) is 13.1 Å². The summed E-state index contributed by atoms with van der Waals surface area (Å²) >= 11 is 0. The minimum Gasteiger partial charge on any atom is -0.438 e. The largest absolute Gasteiger partial charge is 0.438 e. The van der Waals surface area contributed by atoms with Crippen molar-refractivity contribution in [3.05, 3.63) is 168 Å². The number of oxazole rings is 1. The van der Waals surface area contributed by atoms with Gasteiger partial charge in [0, 0.05) is 51.2 Å². The zero-order valence-electron chi connectivity index (χ0n) is 29.5. The molecule has 7 aromatic rings. The molecule has 0 spiro atoms. The maximum atomic E-state index is 6.68. The highest BCUT2D eigenvalue weighted by atomic mass is 16.5. The quantitative estimate of drug-likeness (QED) is 0.143. The molecule has 1 aliphatic rings. The zero-order valence-corrected chi connectivity index (χ0v) is 29.5. The minimum atomic E-state index is 0.634. The van der Waals surface area contributed by atoms with Gasteiger partial charge in [0.15, 0.2) is 12.3 Å². The van der Waals surface area contributed by atoms with E-state index in [0.717, 1.165) is 56.2 Å². The third-order valence-electron chi connectivity index (χ3n) is 9.51. The molecule has 252 valence electrons. The van der Waals surface area contributed by atoms with Crippen LogP contribution in [-0.4, -0.2) is 28.2 Å². The molecule has 6 nitrogen and oxygen atoms in total. The number of benzene rings is 6. The third-order valence-corrected chi connectivity index (χ3v) is 9.51. The zero-order chi connectivity index (χ0) is 34.9. The van der Waals surface area contributed by atoms with Crippen LogP contribution in [0, 0.1) is 0 Å². The van der Waals surface area contributed by atoms with Gasteiger partial charge in [-0.2, -0.15) is 4.57 Å². The average molecular weight is 670 g/mol. The first-order chi connectivity index (χ1) is 24.9.